The van der Waals surface area contributed by atoms with E-state index in [1.165, 1.54) is 0 Å². The van der Waals surface area contributed by atoms with Gasteiger partial charge in [0.2, 0.25) is 0 Å². The summed E-state index contributed by atoms with van der Waals surface area (Å²) < 4.78 is 23.4. The highest BCUT2D eigenvalue weighted by Gasteiger charge is 2.14. The molecule has 1 heterocycles. The first-order valence-electron chi connectivity index (χ1n) is 6.45. The second-order valence-corrected chi connectivity index (χ2v) is 6.51. The van der Waals surface area contributed by atoms with Crippen LogP contribution >= 0.6 is 11.6 Å². The van der Waals surface area contributed by atoms with Gasteiger partial charge in [-0.15, -0.1) is 0 Å². The van der Waals surface area contributed by atoms with Crippen LogP contribution < -0.4 is 15.2 Å². The Bertz CT molecular complexity index is 705. The fourth-order valence-corrected chi connectivity index (χ4v) is 3.31. The van der Waals surface area contributed by atoms with E-state index >= 15 is 0 Å². The van der Waals surface area contributed by atoms with Gasteiger partial charge in [0.15, 0.2) is 11.5 Å². The number of halogens is 1. The number of fused-ring (bicyclic) bond motifs is 1. The summed E-state index contributed by atoms with van der Waals surface area (Å²) in [4.78, 5) is 0.702. The standard InChI is InChI=1S/C15H14ClNO3S/c16-12-3-1-10(7-13(12)17)9-21(18)11-2-4-14-15(8-11)20-6-5-19-14/h1-4,7-8H,5-6,9,17H2. The molecule has 21 heavy (non-hydrogen) atoms. The summed E-state index contributed by atoms with van der Waals surface area (Å²) in [5.41, 5.74) is 7.13. The minimum absolute atomic E-state index is 0.376. The molecule has 2 aromatic carbocycles. The summed E-state index contributed by atoms with van der Waals surface area (Å²) in [6, 6.07) is 10.6. The molecule has 2 aromatic rings. The van der Waals surface area contributed by atoms with Crippen molar-refractivity contribution in [1.29, 1.82) is 0 Å². The molecule has 6 heteroatoms. The van der Waals surface area contributed by atoms with Crippen molar-refractivity contribution in [2.45, 2.75) is 10.6 Å². The highest BCUT2D eigenvalue weighted by molar-refractivity contribution is 7.84. The number of rotatable bonds is 3. The van der Waals surface area contributed by atoms with Gasteiger partial charge in [-0.2, -0.15) is 0 Å². The average Bonchev–Trinajstić information content (AvgIpc) is 2.50. The topological polar surface area (TPSA) is 61.6 Å². The summed E-state index contributed by atoms with van der Waals surface area (Å²) in [5.74, 6) is 1.71. The summed E-state index contributed by atoms with van der Waals surface area (Å²) >= 11 is 5.88. The van der Waals surface area contributed by atoms with Gasteiger partial charge in [0, 0.05) is 11.0 Å². The largest absolute Gasteiger partial charge is 0.486 e. The minimum Gasteiger partial charge on any atom is -0.486 e. The van der Waals surface area contributed by atoms with Gasteiger partial charge in [-0.05, 0) is 29.8 Å². The van der Waals surface area contributed by atoms with Gasteiger partial charge in [-0.25, -0.2) is 0 Å². The zero-order valence-corrected chi connectivity index (χ0v) is 12.7. The SMILES string of the molecule is Nc1cc(CS(=O)c2ccc3c(c2)OCCO3)ccc1Cl. The molecule has 0 spiro atoms. The van der Waals surface area contributed by atoms with Gasteiger partial charge in [-0.3, -0.25) is 4.21 Å². The molecule has 0 amide bonds. The zero-order valence-electron chi connectivity index (χ0n) is 11.2. The number of nitrogen functional groups attached to an aromatic ring is 1. The van der Waals surface area contributed by atoms with Crippen LogP contribution in [-0.4, -0.2) is 17.4 Å². The van der Waals surface area contributed by atoms with Crippen LogP contribution in [0.1, 0.15) is 5.56 Å². The quantitative estimate of drug-likeness (QED) is 0.882. The van der Waals surface area contributed by atoms with Crippen LogP contribution in [0.2, 0.25) is 5.02 Å². The summed E-state index contributed by atoms with van der Waals surface area (Å²) in [5, 5.41) is 0.504. The molecule has 1 aliphatic heterocycles. The molecule has 0 saturated heterocycles. The van der Waals surface area contributed by atoms with Crippen LogP contribution in [0.4, 0.5) is 5.69 Å². The molecule has 0 fully saturated rings. The first-order chi connectivity index (χ1) is 10.1. The molecule has 3 rings (SSSR count). The Balaban J connectivity index is 1.80. The van der Waals surface area contributed by atoms with Crippen LogP contribution in [0.15, 0.2) is 41.3 Å². The van der Waals surface area contributed by atoms with Gasteiger partial charge >= 0.3 is 0 Å². The van der Waals surface area contributed by atoms with Crippen LogP contribution in [0.3, 0.4) is 0 Å². The molecule has 110 valence electrons. The highest BCUT2D eigenvalue weighted by atomic mass is 35.5. The molecule has 0 saturated carbocycles. The van der Waals surface area contributed by atoms with E-state index < -0.39 is 10.8 Å². The second kappa shape index (κ2) is 5.95. The molecule has 0 aliphatic carbocycles. The average molecular weight is 324 g/mol. The van der Waals surface area contributed by atoms with Crippen molar-refractivity contribution < 1.29 is 13.7 Å². The lowest BCUT2D eigenvalue weighted by atomic mass is 10.2. The molecule has 1 atom stereocenters. The van der Waals surface area contributed by atoms with E-state index in [1.54, 1.807) is 30.3 Å². The molecule has 2 N–H and O–H groups in total. The van der Waals surface area contributed by atoms with Crippen molar-refractivity contribution in [2.24, 2.45) is 0 Å². The first kappa shape index (κ1) is 14.2. The maximum Gasteiger partial charge on any atom is 0.162 e. The van der Waals surface area contributed by atoms with Crippen molar-refractivity contribution in [3.63, 3.8) is 0 Å². The molecule has 0 bridgehead atoms. The van der Waals surface area contributed by atoms with Crippen LogP contribution in [0, 0.1) is 0 Å². The fourth-order valence-electron chi connectivity index (χ4n) is 2.08. The van der Waals surface area contributed by atoms with Crippen molar-refractivity contribution >= 4 is 28.1 Å². The molecule has 0 aromatic heterocycles. The monoisotopic (exact) mass is 323 g/mol. The normalized spacial score (nSPS) is 14.7. The number of ether oxygens (including phenoxy) is 2. The van der Waals surface area contributed by atoms with Gasteiger partial charge in [0.25, 0.3) is 0 Å². The molecule has 1 unspecified atom stereocenters. The molecular weight excluding hydrogens is 310 g/mol. The number of nitrogens with two attached hydrogens (primary N) is 1. The fraction of sp³-hybridized carbons (Fsp3) is 0.200. The number of anilines is 1. The minimum atomic E-state index is -1.18. The Kier molecular flexibility index (Phi) is 4.03. The van der Waals surface area contributed by atoms with E-state index in [2.05, 4.69) is 0 Å². The predicted molar refractivity (Wildman–Crippen MR) is 83.4 cm³/mol. The number of hydrogen-bond acceptors (Lipinski definition) is 4. The van der Waals surface area contributed by atoms with E-state index in [0.29, 0.717) is 46.1 Å². The Morgan fingerprint density at radius 2 is 1.86 bits per heavy atom. The van der Waals surface area contributed by atoms with Crippen molar-refractivity contribution in [2.75, 3.05) is 18.9 Å². The molecule has 1 aliphatic rings. The van der Waals surface area contributed by atoms with Crippen LogP contribution in [0.25, 0.3) is 0 Å². The number of hydrogen-bond donors (Lipinski definition) is 1. The van der Waals surface area contributed by atoms with E-state index in [1.807, 2.05) is 6.07 Å². The van der Waals surface area contributed by atoms with Crippen LogP contribution in [-0.2, 0) is 16.6 Å². The zero-order chi connectivity index (χ0) is 14.8. The third-order valence-electron chi connectivity index (χ3n) is 3.13. The third-order valence-corrected chi connectivity index (χ3v) is 4.85. The maximum atomic E-state index is 12.4. The van der Waals surface area contributed by atoms with Gasteiger partial charge in [-0.1, -0.05) is 17.7 Å². The van der Waals surface area contributed by atoms with E-state index in [9.17, 15) is 4.21 Å². The van der Waals surface area contributed by atoms with Crippen molar-refractivity contribution in [3.05, 3.63) is 47.0 Å². The second-order valence-electron chi connectivity index (χ2n) is 4.65. The third kappa shape index (κ3) is 3.14. The lowest BCUT2D eigenvalue weighted by molar-refractivity contribution is 0.171. The van der Waals surface area contributed by atoms with Crippen LogP contribution in [0.5, 0.6) is 11.5 Å². The predicted octanol–water partition coefficient (Wildman–Crippen LogP) is 3.00. The molecule has 4 nitrogen and oxygen atoms in total. The smallest absolute Gasteiger partial charge is 0.162 e. The summed E-state index contributed by atoms with van der Waals surface area (Å²) in [6.07, 6.45) is 0. The highest BCUT2D eigenvalue weighted by Crippen LogP contribution is 2.32. The maximum absolute atomic E-state index is 12.4. The first-order valence-corrected chi connectivity index (χ1v) is 8.15. The van der Waals surface area contributed by atoms with E-state index in [4.69, 9.17) is 26.8 Å². The molecule has 0 radical (unpaired) electrons. The number of benzene rings is 2. The lowest BCUT2D eigenvalue weighted by Crippen LogP contribution is -2.15. The van der Waals surface area contributed by atoms with Gasteiger partial charge in [0.1, 0.15) is 13.2 Å². The van der Waals surface area contributed by atoms with Crippen molar-refractivity contribution in [1.82, 2.24) is 0 Å². The van der Waals surface area contributed by atoms with Gasteiger partial charge < -0.3 is 15.2 Å². The summed E-state index contributed by atoms with van der Waals surface area (Å²) in [6.45, 7) is 1.05. The Hall–Kier alpha value is -1.72. The summed E-state index contributed by atoms with van der Waals surface area (Å²) in [7, 11) is -1.18. The Morgan fingerprint density at radius 1 is 1.10 bits per heavy atom. The van der Waals surface area contributed by atoms with E-state index in [-0.39, 0.29) is 0 Å². The molecular formula is C15H14ClNO3S. The van der Waals surface area contributed by atoms with E-state index in [0.717, 1.165) is 5.56 Å². The Morgan fingerprint density at radius 3 is 2.62 bits per heavy atom. The Labute approximate surface area is 130 Å². The van der Waals surface area contributed by atoms with Crippen molar-refractivity contribution in [3.8, 4) is 11.5 Å². The lowest BCUT2D eigenvalue weighted by Gasteiger charge is -2.18. The van der Waals surface area contributed by atoms with Gasteiger partial charge in [0.05, 0.1) is 27.3 Å².